The van der Waals surface area contributed by atoms with Gasteiger partial charge in [0.15, 0.2) is 5.96 Å². The van der Waals surface area contributed by atoms with Crippen molar-refractivity contribution in [2.75, 3.05) is 12.8 Å². The van der Waals surface area contributed by atoms with Crippen LogP contribution in [-0.4, -0.2) is 23.9 Å². The first-order chi connectivity index (χ1) is 8.10. The molecule has 0 unspecified atom stereocenters. The lowest BCUT2D eigenvalue weighted by Crippen LogP contribution is -2.28. The Balaban J connectivity index is 0.00000162. The number of nitrogens with zero attached hydrogens (tertiary/aromatic N) is 1. The molecule has 1 heterocycles. The van der Waals surface area contributed by atoms with E-state index in [2.05, 4.69) is 15.3 Å². The molecule has 7 heteroatoms. The molecule has 18 heavy (non-hydrogen) atoms. The maximum atomic E-state index is 11.7. The number of anilines is 1. The number of amides is 1. The van der Waals surface area contributed by atoms with E-state index in [-0.39, 0.29) is 18.4 Å². The summed E-state index contributed by atoms with van der Waals surface area (Å²) < 4.78 is 0. The maximum Gasteiger partial charge on any atom is 0.296 e. The van der Waals surface area contributed by atoms with Crippen LogP contribution in [0.25, 0.3) is 10.9 Å². The zero-order valence-electron chi connectivity index (χ0n) is 9.73. The van der Waals surface area contributed by atoms with Crippen LogP contribution in [0.1, 0.15) is 10.5 Å². The predicted molar refractivity (Wildman–Crippen MR) is 75.0 cm³/mol. The number of aromatic nitrogens is 1. The highest BCUT2D eigenvalue weighted by Crippen LogP contribution is 2.18. The molecule has 0 spiro atoms. The molecule has 0 bridgehead atoms. The number of rotatable bonds is 1. The van der Waals surface area contributed by atoms with E-state index in [1.807, 2.05) is 6.07 Å². The van der Waals surface area contributed by atoms with Gasteiger partial charge in [0.05, 0.1) is 0 Å². The van der Waals surface area contributed by atoms with Crippen LogP contribution in [0.4, 0.5) is 5.69 Å². The van der Waals surface area contributed by atoms with Crippen LogP contribution in [0.3, 0.4) is 0 Å². The van der Waals surface area contributed by atoms with E-state index >= 15 is 0 Å². The highest BCUT2D eigenvalue weighted by molar-refractivity contribution is 6.04. The number of H-pyrrole nitrogens is 1. The maximum absolute atomic E-state index is 11.7. The summed E-state index contributed by atoms with van der Waals surface area (Å²) in [6.45, 7) is 0. The second-order valence-corrected chi connectivity index (χ2v) is 3.58. The van der Waals surface area contributed by atoms with Crippen LogP contribution in [0.2, 0.25) is 0 Å². The fourth-order valence-electron chi connectivity index (χ4n) is 1.49. The summed E-state index contributed by atoms with van der Waals surface area (Å²) in [7, 11) is 1.60. The molecule has 0 aliphatic rings. The van der Waals surface area contributed by atoms with E-state index < -0.39 is 5.91 Å². The molecule has 6 nitrogen and oxygen atoms in total. The number of nitrogens with two attached hydrogens (primary N) is 2. The molecule has 1 amide bonds. The van der Waals surface area contributed by atoms with E-state index in [1.54, 1.807) is 25.2 Å². The van der Waals surface area contributed by atoms with Crippen molar-refractivity contribution < 1.29 is 4.79 Å². The lowest BCUT2D eigenvalue weighted by molar-refractivity contribution is 0.0998. The Kier molecular flexibility index (Phi) is 4.17. The van der Waals surface area contributed by atoms with E-state index in [4.69, 9.17) is 11.5 Å². The van der Waals surface area contributed by atoms with Crippen molar-refractivity contribution in [1.29, 1.82) is 0 Å². The first-order valence-corrected chi connectivity index (χ1v) is 5.04. The van der Waals surface area contributed by atoms with Gasteiger partial charge in [-0.05, 0) is 24.3 Å². The number of carbonyl (C=O) groups excluding carboxylic acids is 1. The van der Waals surface area contributed by atoms with Crippen LogP contribution in [0, 0.1) is 0 Å². The summed E-state index contributed by atoms with van der Waals surface area (Å²) in [5.74, 6) is -0.347. The minimum absolute atomic E-state index is 0. The number of benzene rings is 1. The zero-order chi connectivity index (χ0) is 12.4. The molecule has 96 valence electrons. The summed E-state index contributed by atoms with van der Waals surface area (Å²) in [6, 6.07) is 7.05. The highest BCUT2D eigenvalue weighted by Gasteiger charge is 2.09. The summed E-state index contributed by atoms with van der Waals surface area (Å²) in [6.07, 6.45) is 0. The SMILES string of the molecule is CNC(N)=NC(=O)c1cc2cc(N)ccc2[nH]1.Cl. The number of nitrogens with one attached hydrogen (secondary N) is 2. The fraction of sp³-hybridized carbons (Fsp3) is 0.0909. The second-order valence-electron chi connectivity index (χ2n) is 3.58. The zero-order valence-corrected chi connectivity index (χ0v) is 10.5. The van der Waals surface area contributed by atoms with Gasteiger partial charge >= 0.3 is 0 Å². The molecule has 1 aromatic carbocycles. The molecule has 0 aliphatic heterocycles. The fourth-order valence-corrected chi connectivity index (χ4v) is 1.49. The van der Waals surface area contributed by atoms with Gasteiger partial charge in [-0.15, -0.1) is 12.4 Å². The van der Waals surface area contributed by atoms with Gasteiger partial charge < -0.3 is 21.8 Å². The van der Waals surface area contributed by atoms with Gasteiger partial charge in [-0.25, -0.2) is 0 Å². The van der Waals surface area contributed by atoms with Crippen molar-refractivity contribution in [2.24, 2.45) is 10.7 Å². The van der Waals surface area contributed by atoms with Crippen molar-refractivity contribution in [3.63, 3.8) is 0 Å². The van der Waals surface area contributed by atoms with Gasteiger partial charge in [-0.3, -0.25) is 4.79 Å². The largest absolute Gasteiger partial charge is 0.399 e. The van der Waals surface area contributed by atoms with Crippen LogP contribution in [0.15, 0.2) is 29.3 Å². The Morgan fingerprint density at radius 2 is 2.11 bits per heavy atom. The molecular formula is C11H14ClN5O. The number of nitrogen functional groups attached to an aromatic ring is 1. The molecule has 2 rings (SSSR count). The Labute approximate surface area is 110 Å². The standard InChI is InChI=1S/C11H13N5O.ClH/c1-14-11(13)16-10(17)9-5-6-4-7(12)2-3-8(6)15-9;/h2-5,15H,12H2,1H3,(H3,13,14,16,17);1H. The third kappa shape index (κ3) is 2.72. The van der Waals surface area contributed by atoms with E-state index in [9.17, 15) is 4.79 Å². The van der Waals surface area contributed by atoms with Crippen molar-refractivity contribution >= 4 is 40.9 Å². The molecular weight excluding hydrogens is 254 g/mol. The first kappa shape index (κ1) is 13.9. The number of fused-ring (bicyclic) bond motifs is 1. The molecule has 0 saturated heterocycles. The third-order valence-corrected chi connectivity index (χ3v) is 2.35. The average Bonchev–Trinajstić information content (AvgIpc) is 2.71. The lowest BCUT2D eigenvalue weighted by atomic mass is 10.2. The quantitative estimate of drug-likeness (QED) is 0.349. The summed E-state index contributed by atoms with van der Waals surface area (Å²) >= 11 is 0. The van der Waals surface area contributed by atoms with Crippen molar-refractivity contribution in [1.82, 2.24) is 10.3 Å². The minimum Gasteiger partial charge on any atom is -0.399 e. The summed E-state index contributed by atoms with van der Waals surface area (Å²) in [5.41, 5.74) is 12.9. The average molecular weight is 268 g/mol. The van der Waals surface area contributed by atoms with Crippen molar-refractivity contribution in [3.05, 3.63) is 30.0 Å². The molecule has 1 aromatic heterocycles. The topological polar surface area (TPSA) is 109 Å². The number of aromatic amines is 1. The number of carbonyl (C=O) groups is 1. The number of hydrogen-bond acceptors (Lipinski definition) is 2. The normalized spacial score (nSPS) is 11.1. The second kappa shape index (κ2) is 5.42. The lowest BCUT2D eigenvalue weighted by Gasteiger charge is -1.95. The molecule has 2 aromatic rings. The first-order valence-electron chi connectivity index (χ1n) is 5.04. The van der Waals surface area contributed by atoms with Crippen molar-refractivity contribution in [2.45, 2.75) is 0 Å². The van der Waals surface area contributed by atoms with Crippen molar-refractivity contribution in [3.8, 4) is 0 Å². The van der Waals surface area contributed by atoms with Gasteiger partial charge in [0.1, 0.15) is 5.69 Å². The number of guanidine groups is 1. The summed E-state index contributed by atoms with van der Waals surface area (Å²) in [5, 5.41) is 3.45. The van der Waals surface area contributed by atoms with E-state index in [0.29, 0.717) is 11.4 Å². The van der Waals surface area contributed by atoms with Crippen LogP contribution in [-0.2, 0) is 0 Å². The summed E-state index contributed by atoms with van der Waals surface area (Å²) in [4.78, 5) is 18.3. The molecule has 6 N–H and O–H groups in total. The van der Waals surface area contributed by atoms with Crippen LogP contribution >= 0.6 is 12.4 Å². The molecule has 0 radical (unpaired) electrons. The third-order valence-electron chi connectivity index (χ3n) is 2.35. The minimum atomic E-state index is -0.424. The van der Waals surface area contributed by atoms with Crippen LogP contribution < -0.4 is 16.8 Å². The molecule has 0 aliphatic carbocycles. The Morgan fingerprint density at radius 1 is 1.39 bits per heavy atom. The number of hydrogen-bond donors (Lipinski definition) is 4. The predicted octanol–water partition coefficient (Wildman–Crippen LogP) is 0.846. The Hall–Kier alpha value is -2.21. The molecule has 0 saturated carbocycles. The Bertz CT molecular complexity index is 604. The highest BCUT2D eigenvalue weighted by atomic mass is 35.5. The monoisotopic (exact) mass is 267 g/mol. The van der Waals surface area contributed by atoms with Crippen LogP contribution in [0.5, 0.6) is 0 Å². The van der Waals surface area contributed by atoms with E-state index in [0.717, 1.165) is 10.9 Å². The number of halogens is 1. The van der Waals surface area contributed by atoms with Gasteiger partial charge in [0, 0.05) is 23.6 Å². The van der Waals surface area contributed by atoms with E-state index in [1.165, 1.54) is 0 Å². The molecule has 0 atom stereocenters. The number of aliphatic imine (C=N–C) groups is 1. The van der Waals surface area contributed by atoms with Gasteiger partial charge in [-0.2, -0.15) is 4.99 Å². The van der Waals surface area contributed by atoms with Gasteiger partial charge in [0.25, 0.3) is 5.91 Å². The van der Waals surface area contributed by atoms with Gasteiger partial charge in [0.2, 0.25) is 0 Å². The molecule has 0 fully saturated rings. The smallest absolute Gasteiger partial charge is 0.296 e. The Morgan fingerprint density at radius 3 is 2.78 bits per heavy atom. The van der Waals surface area contributed by atoms with Gasteiger partial charge in [-0.1, -0.05) is 0 Å².